The van der Waals surface area contributed by atoms with Gasteiger partial charge in [0.1, 0.15) is 0 Å². The van der Waals surface area contributed by atoms with Gasteiger partial charge in [-0.1, -0.05) is 90.8 Å². The Morgan fingerprint density at radius 2 is 0.885 bits per heavy atom. The molecule has 11 rings (SSSR count). The second-order valence-electron chi connectivity index (χ2n) is 17.9. The van der Waals surface area contributed by atoms with Gasteiger partial charge in [0.15, 0.2) is 0 Å². The molecule has 0 heteroatoms. The highest BCUT2D eigenvalue weighted by atomic mass is 14.6. The van der Waals surface area contributed by atoms with Crippen molar-refractivity contribution in [2.75, 3.05) is 0 Å². The first-order chi connectivity index (χ1) is 25.2. The number of terminal acetylenes is 1. The van der Waals surface area contributed by atoms with E-state index < -0.39 is 0 Å². The van der Waals surface area contributed by atoms with Gasteiger partial charge in [0.25, 0.3) is 0 Å². The van der Waals surface area contributed by atoms with Crippen molar-refractivity contribution in [1.82, 2.24) is 0 Å². The highest BCUT2D eigenvalue weighted by Crippen LogP contribution is 2.66. The number of aryl methyl sites for hydroxylation is 4. The molecule has 0 radical (unpaired) electrons. The first kappa shape index (κ1) is 31.0. The number of rotatable bonds is 2. The minimum atomic E-state index is -0.0701. The van der Waals surface area contributed by atoms with Crippen LogP contribution in [0.1, 0.15) is 90.7 Å². The van der Waals surface area contributed by atoms with Crippen molar-refractivity contribution in [2.45, 2.75) is 85.0 Å². The quantitative estimate of drug-likeness (QED) is 0.127. The normalized spacial score (nSPS) is 27.7. The summed E-state index contributed by atoms with van der Waals surface area (Å²) in [4.78, 5) is 0. The fourth-order valence-electron chi connectivity index (χ4n) is 13.1. The minimum absolute atomic E-state index is 0.0701. The Hall–Kier alpha value is -4.60. The maximum atomic E-state index is 6.75. The van der Waals surface area contributed by atoms with Crippen LogP contribution in [0.5, 0.6) is 0 Å². The molecule has 0 N–H and O–H groups in total. The van der Waals surface area contributed by atoms with Crippen LogP contribution >= 0.6 is 0 Å². The van der Waals surface area contributed by atoms with E-state index in [2.05, 4.69) is 125 Å². The van der Waals surface area contributed by atoms with Crippen molar-refractivity contribution in [3.63, 3.8) is 0 Å². The molecule has 8 aromatic rings. The van der Waals surface area contributed by atoms with Gasteiger partial charge in [-0.15, -0.1) is 6.42 Å². The van der Waals surface area contributed by atoms with E-state index in [4.69, 9.17) is 6.42 Å². The van der Waals surface area contributed by atoms with Crippen molar-refractivity contribution >= 4 is 64.6 Å². The summed E-state index contributed by atoms with van der Waals surface area (Å²) < 4.78 is 0. The molecule has 3 fully saturated rings. The third kappa shape index (κ3) is 4.06. The standard InChI is InChI=1S/C52H48/c1-7-52(6)46-26-32(44-24-30(4)38-14-10-34-20-28(2)22-36-12-18-42(44)50(38)48(34)36)8-16-40(46)41-17-9-33(27-47(41)52)45-25-31(5)39-15-11-35-21-29(3)23-37-13-19-43(45)51(39)49(35)37/h1,10-15,18-25,32-33,40-41,46-47H,8-9,16-17,26-27H2,2-6H3/t32-,33?,40-,41+,46-,47+,52?/m0/s1. The molecule has 0 amide bonds. The lowest BCUT2D eigenvalue weighted by Crippen LogP contribution is -2.33. The molecule has 256 valence electrons. The molecule has 3 aliphatic rings. The Labute approximate surface area is 308 Å². The van der Waals surface area contributed by atoms with Crippen molar-refractivity contribution in [3.8, 4) is 12.3 Å². The zero-order valence-electron chi connectivity index (χ0n) is 31.4. The van der Waals surface area contributed by atoms with Crippen LogP contribution in [0.3, 0.4) is 0 Å². The SMILES string of the molecule is C#CC1(C)[C@@H]2CC(c3cc(C)c4ccc5cc(C)cc6ccc3c4c56)CC[C@@H]2[C@@H]2CC[C@H](c3cc(C)c4ccc5cc(C)cc6ccc3c4c56)C[C@@H]21. The van der Waals surface area contributed by atoms with Gasteiger partial charge in [0.2, 0.25) is 0 Å². The number of benzene rings is 8. The summed E-state index contributed by atoms with van der Waals surface area (Å²) in [5.74, 6) is 7.34. The van der Waals surface area contributed by atoms with Gasteiger partial charge in [-0.05, 0) is 207 Å². The predicted octanol–water partition coefficient (Wildman–Crippen LogP) is 14.1. The van der Waals surface area contributed by atoms with Gasteiger partial charge in [0, 0.05) is 5.41 Å². The Morgan fingerprint density at radius 3 is 1.27 bits per heavy atom. The molecule has 7 atom stereocenters. The molecule has 0 saturated heterocycles. The first-order valence-electron chi connectivity index (χ1n) is 20.1. The second-order valence-corrected chi connectivity index (χ2v) is 17.9. The Bertz CT molecular complexity index is 2580. The smallest absolute Gasteiger partial charge is 0.0346 e. The summed E-state index contributed by atoms with van der Waals surface area (Å²) in [6.07, 6.45) is 14.4. The van der Waals surface area contributed by atoms with E-state index in [1.807, 2.05) is 0 Å². The summed E-state index contributed by atoms with van der Waals surface area (Å²) in [5.41, 5.74) is 8.59. The van der Waals surface area contributed by atoms with Crippen molar-refractivity contribution in [3.05, 3.63) is 118 Å². The van der Waals surface area contributed by atoms with E-state index in [0.717, 1.165) is 11.8 Å². The molecule has 3 aliphatic carbocycles. The average molecular weight is 673 g/mol. The molecule has 0 bridgehead atoms. The van der Waals surface area contributed by atoms with Crippen LogP contribution in [-0.4, -0.2) is 0 Å². The molecule has 3 saturated carbocycles. The van der Waals surface area contributed by atoms with Crippen LogP contribution in [0.25, 0.3) is 64.6 Å². The van der Waals surface area contributed by atoms with Gasteiger partial charge in [-0.2, -0.15) is 0 Å². The van der Waals surface area contributed by atoms with Crippen LogP contribution < -0.4 is 0 Å². The van der Waals surface area contributed by atoms with Gasteiger partial charge in [0.05, 0.1) is 0 Å². The van der Waals surface area contributed by atoms with Gasteiger partial charge < -0.3 is 0 Å². The Balaban J connectivity index is 0.971. The molecule has 0 spiro atoms. The molecule has 0 aliphatic heterocycles. The molecule has 52 heavy (non-hydrogen) atoms. The lowest BCUT2D eigenvalue weighted by Gasteiger charge is -2.40. The molecule has 2 unspecified atom stereocenters. The minimum Gasteiger partial charge on any atom is -0.120 e. The average Bonchev–Trinajstić information content (AvgIpc) is 3.40. The second kappa shape index (κ2) is 10.7. The largest absolute Gasteiger partial charge is 0.120 e. The monoisotopic (exact) mass is 672 g/mol. The fraction of sp³-hybridized carbons (Fsp3) is 0.346. The highest BCUT2D eigenvalue weighted by molar-refractivity contribution is 6.25. The van der Waals surface area contributed by atoms with E-state index in [0.29, 0.717) is 23.7 Å². The number of hydrogen-bond donors (Lipinski definition) is 0. The zero-order valence-corrected chi connectivity index (χ0v) is 31.4. The van der Waals surface area contributed by atoms with Crippen LogP contribution in [0.4, 0.5) is 0 Å². The summed E-state index contributed by atoms with van der Waals surface area (Å²) in [6, 6.07) is 33.7. The van der Waals surface area contributed by atoms with Gasteiger partial charge in [-0.25, -0.2) is 0 Å². The van der Waals surface area contributed by atoms with Gasteiger partial charge in [-0.3, -0.25) is 0 Å². The van der Waals surface area contributed by atoms with Crippen LogP contribution in [0, 0.1) is 69.1 Å². The molecule has 0 aromatic heterocycles. The van der Waals surface area contributed by atoms with E-state index >= 15 is 0 Å². The summed E-state index contributed by atoms with van der Waals surface area (Å²) in [7, 11) is 0. The van der Waals surface area contributed by atoms with Crippen molar-refractivity contribution < 1.29 is 0 Å². The van der Waals surface area contributed by atoms with Crippen LogP contribution in [0.15, 0.2) is 84.9 Å². The summed E-state index contributed by atoms with van der Waals surface area (Å²) >= 11 is 0. The third-order valence-electron chi connectivity index (χ3n) is 15.3. The lowest BCUT2D eigenvalue weighted by molar-refractivity contribution is 0.154. The Morgan fingerprint density at radius 1 is 0.500 bits per heavy atom. The molecule has 0 nitrogen and oxygen atoms in total. The first-order valence-corrected chi connectivity index (χ1v) is 20.1. The lowest BCUT2D eigenvalue weighted by atomic mass is 9.63. The van der Waals surface area contributed by atoms with Gasteiger partial charge >= 0.3 is 0 Å². The Kier molecular flexibility index (Phi) is 6.39. The van der Waals surface area contributed by atoms with E-state index in [9.17, 15) is 0 Å². The maximum Gasteiger partial charge on any atom is 0.0346 e. The molecular formula is C52H48. The maximum absolute atomic E-state index is 6.75. The van der Waals surface area contributed by atoms with Crippen LogP contribution in [-0.2, 0) is 0 Å². The predicted molar refractivity (Wildman–Crippen MR) is 223 cm³/mol. The molecule has 0 heterocycles. The number of hydrogen-bond acceptors (Lipinski definition) is 0. The topological polar surface area (TPSA) is 0 Å². The zero-order chi connectivity index (χ0) is 35.2. The highest BCUT2D eigenvalue weighted by Gasteiger charge is 2.59. The van der Waals surface area contributed by atoms with Crippen molar-refractivity contribution in [2.24, 2.45) is 29.1 Å². The number of fused-ring (bicyclic) bond motifs is 3. The van der Waals surface area contributed by atoms with E-state index in [-0.39, 0.29) is 5.41 Å². The van der Waals surface area contributed by atoms with E-state index in [1.165, 1.54) is 125 Å². The van der Waals surface area contributed by atoms with Crippen LogP contribution in [0.2, 0.25) is 0 Å². The fourth-order valence-corrected chi connectivity index (χ4v) is 13.1. The summed E-state index contributed by atoms with van der Waals surface area (Å²) in [5, 5.41) is 17.1. The molecular weight excluding hydrogens is 625 g/mol. The summed E-state index contributed by atoms with van der Waals surface area (Å²) in [6.45, 7) is 11.6. The molecule has 8 aromatic carbocycles. The van der Waals surface area contributed by atoms with Crippen molar-refractivity contribution in [1.29, 1.82) is 0 Å². The van der Waals surface area contributed by atoms with E-state index in [1.54, 1.807) is 11.1 Å². The third-order valence-corrected chi connectivity index (χ3v) is 15.3.